The topological polar surface area (TPSA) is 33.5 Å². The second-order valence-corrected chi connectivity index (χ2v) is 5.76. The fraction of sp³-hybridized carbons (Fsp3) is 0.353. The van der Waals surface area contributed by atoms with Crippen LogP contribution in [0.15, 0.2) is 45.8 Å². The molecule has 1 unspecified atom stereocenters. The molecule has 0 N–H and O–H groups in total. The van der Waals surface area contributed by atoms with Crippen LogP contribution in [0.3, 0.4) is 0 Å². The molecule has 0 amide bonds. The van der Waals surface area contributed by atoms with E-state index < -0.39 is 17.6 Å². The molecule has 1 aromatic carbocycles. The number of nitrogens with zero attached hydrogens (tertiary/aromatic N) is 1. The standard InChI is InChI=1S/C17H16F3NO2/c1-11-10-23-15(8-14(11)22)16(17(18,19)20)21-7-6-12-4-2-3-5-13(12)9-21/h2-5,8,10,16H,6-7,9H2,1H3. The quantitative estimate of drug-likeness (QED) is 0.846. The highest BCUT2D eigenvalue weighted by molar-refractivity contribution is 5.29. The molecule has 2 aromatic rings. The van der Waals surface area contributed by atoms with Crippen molar-refractivity contribution in [3.63, 3.8) is 0 Å². The van der Waals surface area contributed by atoms with E-state index in [0.29, 0.717) is 12.0 Å². The van der Waals surface area contributed by atoms with Gasteiger partial charge in [0.15, 0.2) is 11.5 Å². The van der Waals surface area contributed by atoms with Crippen molar-refractivity contribution >= 4 is 0 Å². The first-order chi connectivity index (χ1) is 10.9. The van der Waals surface area contributed by atoms with Crippen molar-refractivity contribution in [3.8, 4) is 0 Å². The smallest absolute Gasteiger partial charge is 0.411 e. The van der Waals surface area contributed by atoms with E-state index in [9.17, 15) is 18.0 Å². The molecular weight excluding hydrogens is 307 g/mol. The van der Waals surface area contributed by atoms with Gasteiger partial charge in [-0.25, -0.2) is 0 Å². The van der Waals surface area contributed by atoms with Gasteiger partial charge in [-0.2, -0.15) is 13.2 Å². The van der Waals surface area contributed by atoms with Gasteiger partial charge in [0.1, 0.15) is 5.76 Å². The third-order valence-electron chi connectivity index (χ3n) is 4.14. The Labute approximate surface area is 131 Å². The second kappa shape index (κ2) is 5.85. The summed E-state index contributed by atoms with van der Waals surface area (Å²) in [7, 11) is 0. The number of benzene rings is 1. The molecule has 0 spiro atoms. The molecule has 1 aliphatic heterocycles. The Balaban J connectivity index is 1.98. The third-order valence-corrected chi connectivity index (χ3v) is 4.14. The normalized spacial score (nSPS) is 16.9. The van der Waals surface area contributed by atoms with Gasteiger partial charge in [0.05, 0.1) is 6.26 Å². The largest absolute Gasteiger partial charge is 0.467 e. The lowest BCUT2D eigenvalue weighted by molar-refractivity contribution is -0.193. The van der Waals surface area contributed by atoms with Crippen LogP contribution >= 0.6 is 0 Å². The zero-order valence-corrected chi connectivity index (χ0v) is 12.6. The summed E-state index contributed by atoms with van der Waals surface area (Å²) in [5, 5.41) is 0. The average molecular weight is 323 g/mol. The van der Waals surface area contributed by atoms with Crippen molar-refractivity contribution in [2.45, 2.75) is 32.1 Å². The first-order valence-electron chi connectivity index (χ1n) is 7.33. The molecule has 0 aliphatic carbocycles. The van der Waals surface area contributed by atoms with Crippen LogP contribution in [-0.2, 0) is 13.0 Å². The van der Waals surface area contributed by atoms with E-state index in [2.05, 4.69) is 0 Å². The minimum atomic E-state index is -4.52. The Kier molecular flexibility index (Phi) is 4.02. The maximum Gasteiger partial charge on any atom is 0.411 e. The SMILES string of the molecule is Cc1coc(C(N2CCc3ccccc3C2)C(F)(F)F)cc1=O. The highest BCUT2D eigenvalue weighted by Gasteiger charge is 2.47. The highest BCUT2D eigenvalue weighted by Crippen LogP contribution is 2.39. The van der Waals surface area contributed by atoms with Gasteiger partial charge in [0.2, 0.25) is 0 Å². The van der Waals surface area contributed by atoms with E-state index in [1.165, 1.54) is 11.8 Å². The lowest BCUT2D eigenvalue weighted by Gasteiger charge is -2.35. The number of fused-ring (bicyclic) bond motifs is 1. The van der Waals surface area contributed by atoms with Gasteiger partial charge < -0.3 is 4.42 Å². The molecule has 0 bridgehead atoms. The van der Waals surface area contributed by atoms with Gasteiger partial charge in [0.25, 0.3) is 0 Å². The molecule has 0 saturated carbocycles. The highest BCUT2D eigenvalue weighted by atomic mass is 19.4. The van der Waals surface area contributed by atoms with Crippen molar-refractivity contribution in [1.82, 2.24) is 4.90 Å². The molecule has 1 atom stereocenters. The van der Waals surface area contributed by atoms with Crippen LogP contribution in [0.5, 0.6) is 0 Å². The van der Waals surface area contributed by atoms with Gasteiger partial charge >= 0.3 is 6.18 Å². The summed E-state index contributed by atoms with van der Waals surface area (Å²) >= 11 is 0. The van der Waals surface area contributed by atoms with Crippen LogP contribution in [0, 0.1) is 6.92 Å². The Morgan fingerprint density at radius 3 is 2.57 bits per heavy atom. The number of alkyl halides is 3. The molecular formula is C17H16F3NO2. The first kappa shape index (κ1) is 15.8. The Morgan fingerprint density at radius 1 is 1.22 bits per heavy atom. The number of hydrogen-bond acceptors (Lipinski definition) is 3. The van der Waals surface area contributed by atoms with E-state index in [4.69, 9.17) is 4.42 Å². The molecule has 0 fully saturated rings. The van der Waals surface area contributed by atoms with Crippen LogP contribution < -0.4 is 5.43 Å². The molecule has 23 heavy (non-hydrogen) atoms. The maximum atomic E-state index is 13.6. The van der Waals surface area contributed by atoms with Gasteiger partial charge in [0, 0.05) is 24.7 Å². The van der Waals surface area contributed by atoms with Crippen molar-refractivity contribution in [2.75, 3.05) is 6.54 Å². The van der Waals surface area contributed by atoms with Crippen LogP contribution in [0.1, 0.15) is 28.5 Å². The van der Waals surface area contributed by atoms with Crippen molar-refractivity contribution in [2.24, 2.45) is 0 Å². The first-order valence-corrected chi connectivity index (χ1v) is 7.33. The molecule has 0 radical (unpaired) electrons. The fourth-order valence-electron chi connectivity index (χ4n) is 2.92. The van der Waals surface area contributed by atoms with Gasteiger partial charge in [-0.15, -0.1) is 0 Å². The monoisotopic (exact) mass is 323 g/mol. The molecule has 3 rings (SSSR count). The number of rotatable bonds is 2. The summed E-state index contributed by atoms with van der Waals surface area (Å²) in [4.78, 5) is 13.0. The number of hydrogen-bond donors (Lipinski definition) is 0. The Bertz CT molecular complexity index is 767. The van der Waals surface area contributed by atoms with E-state index in [1.54, 1.807) is 0 Å². The summed E-state index contributed by atoms with van der Waals surface area (Å²) in [6.07, 6.45) is -2.88. The van der Waals surface area contributed by atoms with Gasteiger partial charge in [-0.05, 0) is 24.5 Å². The third kappa shape index (κ3) is 3.17. The minimum absolute atomic E-state index is 0.179. The predicted molar refractivity (Wildman–Crippen MR) is 79.1 cm³/mol. The molecule has 6 heteroatoms. The summed E-state index contributed by atoms with van der Waals surface area (Å²) in [5.41, 5.74) is 1.79. The van der Waals surface area contributed by atoms with Crippen molar-refractivity contribution in [1.29, 1.82) is 0 Å². The zero-order chi connectivity index (χ0) is 16.6. The minimum Gasteiger partial charge on any atom is -0.467 e. The summed E-state index contributed by atoms with van der Waals surface area (Å²) in [6.45, 7) is 1.95. The van der Waals surface area contributed by atoms with Crippen molar-refractivity contribution < 1.29 is 17.6 Å². The maximum absolute atomic E-state index is 13.6. The van der Waals surface area contributed by atoms with Crippen LogP contribution in [0.4, 0.5) is 13.2 Å². The van der Waals surface area contributed by atoms with Crippen molar-refractivity contribution in [3.05, 3.63) is 69.3 Å². The summed E-state index contributed by atoms with van der Waals surface area (Å²) in [5.74, 6) is -0.354. The van der Waals surface area contributed by atoms with Crippen LogP contribution in [0.2, 0.25) is 0 Å². The van der Waals surface area contributed by atoms with E-state index >= 15 is 0 Å². The molecule has 122 valence electrons. The number of aryl methyl sites for hydroxylation is 1. The molecule has 2 heterocycles. The Morgan fingerprint density at radius 2 is 1.91 bits per heavy atom. The molecule has 0 saturated heterocycles. The second-order valence-electron chi connectivity index (χ2n) is 5.76. The van der Waals surface area contributed by atoms with E-state index in [0.717, 1.165) is 23.5 Å². The molecule has 1 aromatic heterocycles. The average Bonchev–Trinajstić information content (AvgIpc) is 2.49. The van der Waals surface area contributed by atoms with Crippen LogP contribution in [0.25, 0.3) is 0 Å². The Hall–Kier alpha value is -2.08. The lowest BCUT2D eigenvalue weighted by atomic mass is 9.98. The predicted octanol–water partition coefficient (Wildman–Crippen LogP) is 3.61. The summed E-state index contributed by atoms with van der Waals surface area (Å²) < 4.78 is 45.9. The van der Waals surface area contributed by atoms with Gasteiger partial charge in [-0.1, -0.05) is 24.3 Å². The lowest BCUT2D eigenvalue weighted by Crippen LogP contribution is -2.41. The zero-order valence-electron chi connectivity index (χ0n) is 12.6. The van der Waals surface area contributed by atoms with Crippen LogP contribution in [-0.4, -0.2) is 17.6 Å². The fourth-order valence-corrected chi connectivity index (χ4v) is 2.92. The number of halogens is 3. The van der Waals surface area contributed by atoms with Gasteiger partial charge in [-0.3, -0.25) is 9.69 Å². The summed E-state index contributed by atoms with van der Waals surface area (Å²) in [6, 6.07) is 6.51. The van der Waals surface area contributed by atoms with E-state index in [-0.39, 0.29) is 18.8 Å². The van der Waals surface area contributed by atoms with E-state index in [1.807, 2.05) is 24.3 Å². The molecule has 3 nitrogen and oxygen atoms in total. The molecule has 1 aliphatic rings.